The summed E-state index contributed by atoms with van der Waals surface area (Å²) in [4.78, 5) is 27.7. The number of benzene rings is 3. The number of fused-ring (bicyclic) bond motifs is 1. The van der Waals surface area contributed by atoms with E-state index in [1.165, 1.54) is 18.2 Å². The summed E-state index contributed by atoms with van der Waals surface area (Å²) in [5.41, 5.74) is 2.97. The van der Waals surface area contributed by atoms with Crippen molar-refractivity contribution >= 4 is 44.3 Å². The van der Waals surface area contributed by atoms with Crippen LogP contribution >= 0.6 is 15.9 Å². The number of oxazole rings is 1. The average molecular weight is 504 g/mol. The molecule has 0 radical (unpaired) electrons. The second-order valence-corrected chi connectivity index (χ2v) is 7.96. The standard InChI is InChI=1S/C24H14BrN3O5/c25-18-7-2-1-6-17(18)24-27-19-13-15(8-9-21(19)33-24)26-23(29)22-11-10-20(32-22)14-4-3-5-16(12-14)28(30)31/h1-13H,(H,26,29). The number of halogens is 1. The molecule has 0 spiro atoms. The third kappa shape index (κ3) is 4.13. The molecule has 1 amide bonds. The molecule has 0 aliphatic carbocycles. The first-order valence-corrected chi connectivity index (χ1v) is 10.6. The summed E-state index contributed by atoms with van der Waals surface area (Å²) in [7, 11) is 0. The van der Waals surface area contributed by atoms with Crippen molar-refractivity contribution in [3.63, 3.8) is 0 Å². The lowest BCUT2D eigenvalue weighted by atomic mass is 10.1. The lowest BCUT2D eigenvalue weighted by Crippen LogP contribution is -2.10. The number of aromatic nitrogens is 1. The van der Waals surface area contributed by atoms with E-state index in [-0.39, 0.29) is 11.4 Å². The van der Waals surface area contributed by atoms with E-state index in [4.69, 9.17) is 8.83 Å². The zero-order chi connectivity index (χ0) is 22.9. The predicted molar refractivity (Wildman–Crippen MR) is 126 cm³/mol. The number of hydrogen-bond donors (Lipinski definition) is 1. The predicted octanol–water partition coefficient (Wildman–Crippen LogP) is 6.68. The molecular formula is C24H14BrN3O5. The van der Waals surface area contributed by atoms with E-state index in [0.29, 0.717) is 34.0 Å². The van der Waals surface area contributed by atoms with Crippen LogP contribution in [0, 0.1) is 10.1 Å². The molecule has 3 aromatic carbocycles. The minimum atomic E-state index is -0.484. The molecule has 0 atom stereocenters. The Morgan fingerprint density at radius 1 is 0.970 bits per heavy atom. The van der Waals surface area contributed by atoms with Crippen molar-refractivity contribution in [2.45, 2.75) is 0 Å². The zero-order valence-electron chi connectivity index (χ0n) is 16.8. The number of rotatable bonds is 5. The van der Waals surface area contributed by atoms with Crippen molar-refractivity contribution in [3.05, 3.63) is 99.2 Å². The van der Waals surface area contributed by atoms with Crippen LogP contribution in [0.3, 0.4) is 0 Å². The minimum absolute atomic E-state index is 0.0577. The van der Waals surface area contributed by atoms with Crippen LogP contribution in [-0.2, 0) is 0 Å². The van der Waals surface area contributed by atoms with Crippen molar-refractivity contribution in [2.24, 2.45) is 0 Å². The Morgan fingerprint density at radius 3 is 2.64 bits per heavy atom. The number of nitro groups is 1. The van der Waals surface area contributed by atoms with Gasteiger partial charge in [-0.1, -0.05) is 24.3 Å². The number of furan rings is 1. The van der Waals surface area contributed by atoms with E-state index in [2.05, 4.69) is 26.2 Å². The van der Waals surface area contributed by atoms with Gasteiger partial charge >= 0.3 is 0 Å². The Balaban J connectivity index is 1.37. The minimum Gasteiger partial charge on any atom is -0.451 e. The van der Waals surface area contributed by atoms with Crippen molar-refractivity contribution in [3.8, 4) is 22.8 Å². The fourth-order valence-electron chi connectivity index (χ4n) is 3.34. The van der Waals surface area contributed by atoms with Gasteiger partial charge in [0.1, 0.15) is 11.3 Å². The Kier molecular flexibility index (Phi) is 5.23. The molecule has 5 rings (SSSR count). The monoisotopic (exact) mass is 503 g/mol. The SMILES string of the molecule is O=C(Nc1ccc2oc(-c3ccccc3Br)nc2c1)c1ccc(-c2cccc([N+](=O)[O-])c2)o1. The van der Waals surface area contributed by atoms with Crippen LogP contribution in [0.1, 0.15) is 10.6 Å². The average Bonchev–Trinajstić information content (AvgIpc) is 3.47. The maximum absolute atomic E-state index is 12.7. The van der Waals surface area contributed by atoms with Gasteiger partial charge in [-0.25, -0.2) is 4.98 Å². The number of amides is 1. The molecule has 1 N–H and O–H groups in total. The number of carbonyl (C=O) groups excluding carboxylic acids is 1. The fourth-order valence-corrected chi connectivity index (χ4v) is 3.79. The molecule has 0 aliphatic rings. The first kappa shape index (κ1) is 20.7. The third-order valence-electron chi connectivity index (χ3n) is 4.92. The fraction of sp³-hybridized carbons (Fsp3) is 0. The number of nitrogens with zero attached hydrogens (tertiary/aromatic N) is 2. The number of hydrogen-bond acceptors (Lipinski definition) is 6. The molecule has 0 saturated heterocycles. The molecule has 33 heavy (non-hydrogen) atoms. The van der Waals surface area contributed by atoms with Gasteiger partial charge < -0.3 is 14.2 Å². The van der Waals surface area contributed by atoms with E-state index < -0.39 is 10.8 Å². The lowest BCUT2D eigenvalue weighted by Gasteiger charge is -2.02. The smallest absolute Gasteiger partial charge is 0.291 e. The molecule has 0 saturated carbocycles. The highest BCUT2D eigenvalue weighted by molar-refractivity contribution is 9.10. The van der Waals surface area contributed by atoms with E-state index in [0.717, 1.165) is 10.0 Å². The van der Waals surface area contributed by atoms with Gasteiger partial charge in [-0.3, -0.25) is 14.9 Å². The molecule has 9 heteroatoms. The molecule has 2 aromatic heterocycles. The Labute approximate surface area is 195 Å². The maximum Gasteiger partial charge on any atom is 0.291 e. The van der Waals surface area contributed by atoms with Crippen molar-refractivity contribution in [2.75, 3.05) is 5.32 Å². The summed E-state index contributed by atoms with van der Waals surface area (Å²) in [6.07, 6.45) is 0. The zero-order valence-corrected chi connectivity index (χ0v) is 18.4. The normalized spacial score (nSPS) is 10.9. The lowest BCUT2D eigenvalue weighted by molar-refractivity contribution is -0.384. The number of nitrogens with one attached hydrogen (secondary N) is 1. The van der Waals surface area contributed by atoms with Gasteiger partial charge in [0.25, 0.3) is 11.6 Å². The topological polar surface area (TPSA) is 111 Å². The van der Waals surface area contributed by atoms with Gasteiger partial charge in [0, 0.05) is 27.9 Å². The summed E-state index contributed by atoms with van der Waals surface area (Å²) in [6.45, 7) is 0. The Bertz CT molecular complexity index is 1520. The highest BCUT2D eigenvalue weighted by Gasteiger charge is 2.16. The van der Waals surface area contributed by atoms with Gasteiger partial charge in [-0.15, -0.1) is 0 Å². The van der Waals surface area contributed by atoms with E-state index in [1.54, 1.807) is 36.4 Å². The van der Waals surface area contributed by atoms with Crippen LogP contribution in [0.2, 0.25) is 0 Å². The Morgan fingerprint density at radius 2 is 1.82 bits per heavy atom. The summed E-state index contributed by atoms with van der Waals surface area (Å²) < 4.78 is 12.3. The second-order valence-electron chi connectivity index (χ2n) is 7.11. The molecular weight excluding hydrogens is 490 g/mol. The molecule has 2 heterocycles. The summed E-state index contributed by atoms with van der Waals surface area (Å²) in [5, 5.41) is 13.8. The first-order valence-electron chi connectivity index (χ1n) is 9.79. The van der Waals surface area contributed by atoms with Gasteiger partial charge in [0.05, 0.1) is 10.5 Å². The van der Waals surface area contributed by atoms with Crippen LogP contribution in [0.4, 0.5) is 11.4 Å². The van der Waals surface area contributed by atoms with Crippen LogP contribution in [0.15, 0.2) is 92.2 Å². The Hall–Kier alpha value is -4.24. The number of non-ortho nitro benzene ring substituents is 1. The first-order chi connectivity index (χ1) is 16.0. The highest BCUT2D eigenvalue weighted by Crippen LogP contribution is 2.31. The van der Waals surface area contributed by atoms with Crippen molar-refractivity contribution in [1.29, 1.82) is 0 Å². The highest BCUT2D eigenvalue weighted by atomic mass is 79.9. The third-order valence-corrected chi connectivity index (χ3v) is 5.61. The van der Waals surface area contributed by atoms with Gasteiger partial charge in [-0.05, 0) is 58.4 Å². The largest absolute Gasteiger partial charge is 0.451 e. The molecule has 162 valence electrons. The molecule has 8 nitrogen and oxygen atoms in total. The number of carbonyl (C=O) groups is 1. The van der Waals surface area contributed by atoms with Crippen LogP contribution in [-0.4, -0.2) is 15.8 Å². The van der Waals surface area contributed by atoms with E-state index in [9.17, 15) is 14.9 Å². The van der Waals surface area contributed by atoms with Gasteiger partial charge in [0.2, 0.25) is 5.89 Å². The molecule has 0 bridgehead atoms. The van der Waals surface area contributed by atoms with Crippen LogP contribution < -0.4 is 5.32 Å². The van der Waals surface area contributed by atoms with E-state index >= 15 is 0 Å². The molecule has 0 unspecified atom stereocenters. The summed E-state index contributed by atoms with van der Waals surface area (Å²) in [5.74, 6) is 0.439. The number of anilines is 1. The molecule has 5 aromatic rings. The van der Waals surface area contributed by atoms with Gasteiger partial charge in [-0.2, -0.15) is 0 Å². The molecule has 0 fully saturated rings. The summed E-state index contributed by atoms with van der Waals surface area (Å²) >= 11 is 3.49. The molecule has 0 aliphatic heterocycles. The van der Waals surface area contributed by atoms with Crippen LogP contribution in [0.5, 0.6) is 0 Å². The quantitative estimate of drug-likeness (QED) is 0.211. The second kappa shape index (κ2) is 8.36. The van der Waals surface area contributed by atoms with Crippen LogP contribution in [0.25, 0.3) is 33.9 Å². The van der Waals surface area contributed by atoms with Gasteiger partial charge in [0.15, 0.2) is 11.3 Å². The van der Waals surface area contributed by atoms with E-state index in [1.807, 2.05) is 24.3 Å². The summed E-state index contributed by atoms with van der Waals surface area (Å²) in [6, 6.07) is 21.9. The number of nitro benzene ring substituents is 1. The maximum atomic E-state index is 12.7. The van der Waals surface area contributed by atoms with Crippen molar-refractivity contribution in [1.82, 2.24) is 4.98 Å². The van der Waals surface area contributed by atoms with Crippen molar-refractivity contribution < 1.29 is 18.6 Å².